The highest BCUT2D eigenvalue weighted by molar-refractivity contribution is 6.23. The highest BCUT2D eigenvalue weighted by Crippen LogP contribution is 2.33. The molecule has 0 saturated heterocycles. The van der Waals surface area contributed by atoms with Crippen LogP contribution in [0.3, 0.4) is 0 Å². The lowest BCUT2D eigenvalue weighted by Gasteiger charge is -2.27. The monoisotopic (exact) mass is 274 g/mol. The zero-order valence-electron chi connectivity index (χ0n) is 9.37. The number of primary amides is 1. The molecule has 2 unspecified atom stereocenters. The Balaban J connectivity index is 3.06. The third kappa shape index (κ3) is 2.58. The molecule has 0 aliphatic carbocycles. The molecule has 1 aromatic carbocycles. The summed E-state index contributed by atoms with van der Waals surface area (Å²) in [6.45, 7) is 0. The van der Waals surface area contributed by atoms with Gasteiger partial charge in [0.2, 0.25) is 0 Å². The predicted molar refractivity (Wildman–Crippen MR) is 62.8 cm³/mol. The average molecular weight is 275 g/mol. The number of carbonyl (C=O) groups excluding carboxylic acids is 1. The van der Waals surface area contributed by atoms with Gasteiger partial charge in [-0.25, -0.2) is 0 Å². The minimum atomic E-state index is -2.38. The van der Waals surface area contributed by atoms with E-state index in [0.717, 1.165) is 7.11 Å². The molecule has 0 fully saturated rings. The van der Waals surface area contributed by atoms with E-state index in [2.05, 4.69) is 4.74 Å². The summed E-state index contributed by atoms with van der Waals surface area (Å²) in [6, 6.07) is 5.01. The zero-order chi connectivity index (χ0) is 13.9. The van der Waals surface area contributed by atoms with E-state index in [1.165, 1.54) is 24.3 Å². The van der Waals surface area contributed by atoms with Crippen molar-refractivity contribution < 1.29 is 19.6 Å². The quantitative estimate of drug-likeness (QED) is 0.355. The first-order valence-electron chi connectivity index (χ1n) is 4.78. The molecular formula is C10H11ClN2O5. The van der Waals surface area contributed by atoms with Gasteiger partial charge in [-0.2, -0.15) is 0 Å². The van der Waals surface area contributed by atoms with E-state index in [1.807, 2.05) is 0 Å². The van der Waals surface area contributed by atoms with Crippen molar-refractivity contribution in [2.24, 2.45) is 5.73 Å². The fourth-order valence-corrected chi connectivity index (χ4v) is 1.66. The van der Waals surface area contributed by atoms with Gasteiger partial charge >= 0.3 is 0 Å². The number of ether oxygens (including phenoxy) is 1. The minimum absolute atomic E-state index is 0.136. The lowest BCUT2D eigenvalue weighted by molar-refractivity contribution is -0.384. The number of nitrogens with two attached hydrogens (primary N) is 1. The smallest absolute Gasteiger partial charge is 0.279 e. The molecule has 0 bridgehead atoms. The van der Waals surface area contributed by atoms with Crippen molar-refractivity contribution in [3.8, 4) is 0 Å². The first kappa shape index (κ1) is 14.4. The summed E-state index contributed by atoms with van der Waals surface area (Å²) < 4.78 is 4.61. The van der Waals surface area contributed by atoms with Crippen LogP contribution in [0.5, 0.6) is 0 Å². The number of hydrogen-bond donors (Lipinski definition) is 2. The second kappa shape index (κ2) is 5.30. The van der Waals surface area contributed by atoms with Crippen molar-refractivity contribution in [2.75, 3.05) is 7.11 Å². The molecule has 98 valence electrons. The van der Waals surface area contributed by atoms with Gasteiger partial charge in [0.15, 0.2) is 0 Å². The van der Waals surface area contributed by atoms with Crippen molar-refractivity contribution >= 4 is 23.2 Å². The summed E-state index contributed by atoms with van der Waals surface area (Å²) in [5.41, 5.74) is 5.12. The van der Waals surface area contributed by atoms with Crippen LogP contribution in [-0.2, 0) is 9.53 Å². The SMILES string of the molecule is COC(O)(C(N)=O)C(Cl)c1ccc([N+](=O)[O-])cc1. The first-order valence-corrected chi connectivity index (χ1v) is 5.22. The molecule has 0 aromatic heterocycles. The van der Waals surface area contributed by atoms with Gasteiger partial charge in [-0.1, -0.05) is 12.1 Å². The van der Waals surface area contributed by atoms with Gasteiger partial charge in [0.05, 0.1) is 4.92 Å². The standard InChI is InChI=1S/C10H11ClN2O5/c1-18-10(15,9(12)14)8(11)6-2-4-7(5-3-6)13(16)17/h2-5,8,15H,1H3,(H2,12,14). The minimum Gasteiger partial charge on any atom is -0.365 e. The molecule has 2 atom stereocenters. The summed E-state index contributed by atoms with van der Waals surface area (Å²) >= 11 is 5.89. The van der Waals surface area contributed by atoms with Gasteiger partial charge in [0, 0.05) is 19.2 Å². The number of aliphatic hydroxyl groups is 1. The largest absolute Gasteiger partial charge is 0.365 e. The van der Waals surface area contributed by atoms with Crippen molar-refractivity contribution in [3.05, 3.63) is 39.9 Å². The van der Waals surface area contributed by atoms with Crippen LogP contribution in [0.2, 0.25) is 0 Å². The second-order valence-corrected chi connectivity index (χ2v) is 3.91. The number of alkyl halides is 1. The predicted octanol–water partition coefficient (Wildman–Crippen LogP) is 0.695. The zero-order valence-corrected chi connectivity index (χ0v) is 10.1. The van der Waals surface area contributed by atoms with Crippen molar-refractivity contribution in [2.45, 2.75) is 11.2 Å². The van der Waals surface area contributed by atoms with E-state index in [4.69, 9.17) is 17.3 Å². The molecule has 0 heterocycles. The lowest BCUT2D eigenvalue weighted by atomic mass is 10.0. The van der Waals surface area contributed by atoms with E-state index in [-0.39, 0.29) is 11.3 Å². The van der Waals surface area contributed by atoms with E-state index in [9.17, 15) is 20.0 Å². The molecule has 0 aliphatic rings. The summed E-state index contributed by atoms with van der Waals surface area (Å²) in [7, 11) is 1.07. The highest BCUT2D eigenvalue weighted by Gasteiger charge is 2.43. The van der Waals surface area contributed by atoms with E-state index >= 15 is 0 Å². The maximum absolute atomic E-state index is 11.1. The number of rotatable bonds is 5. The van der Waals surface area contributed by atoms with Crippen LogP contribution in [0.25, 0.3) is 0 Å². The molecule has 7 nitrogen and oxygen atoms in total. The Labute approximate surface area is 107 Å². The molecule has 0 spiro atoms. The topological polar surface area (TPSA) is 116 Å². The number of halogens is 1. The molecule has 1 aromatic rings. The Morgan fingerprint density at radius 1 is 1.56 bits per heavy atom. The van der Waals surface area contributed by atoms with Gasteiger partial charge in [0.1, 0.15) is 5.38 Å². The first-order chi connectivity index (χ1) is 8.32. The van der Waals surface area contributed by atoms with Crippen LogP contribution < -0.4 is 5.73 Å². The van der Waals surface area contributed by atoms with Gasteiger partial charge in [-0.3, -0.25) is 14.9 Å². The van der Waals surface area contributed by atoms with E-state index < -0.39 is 22.0 Å². The molecule has 3 N–H and O–H groups in total. The molecule has 0 radical (unpaired) electrons. The van der Waals surface area contributed by atoms with Crippen LogP contribution in [0.1, 0.15) is 10.9 Å². The fraction of sp³-hybridized carbons (Fsp3) is 0.300. The lowest BCUT2D eigenvalue weighted by Crippen LogP contribution is -2.48. The van der Waals surface area contributed by atoms with Gasteiger partial charge in [-0.05, 0) is 5.56 Å². The van der Waals surface area contributed by atoms with E-state index in [0.29, 0.717) is 0 Å². The van der Waals surface area contributed by atoms with Crippen LogP contribution in [-0.4, -0.2) is 28.8 Å². The van der Waals surface area contributed by atoms with Gasteiger partial charge in [0.25, 0.3) is 17.4 Å². The number of methoxy groups -OCH3 is 1. The van der Waals surface area contributed by atoms with Crippen LogP contribution in [0.4, 0.5) is 5.69 Å². The Morgan fingerprint density at radius 2 is 2.06 bits per heavy atom. The molecule has 1 rings (SSSR count). The number of benzene rings is 1. The van der Waals surface area contributed by atoms with Gasteiger partial charge < -0.3 is 15.6 Å². The number of hydrogen-bond acceptors (Lipinski definition) is 5. The van der Waals surface area contributed by atoms with Crippen LogP contribution >= 0.6 is 11.6 Å². The molecule has 0 saturated carbocycles. The summed E-state index contributed by atoms with van der Waals surface area (Å²) in [6.07, 6.45) is 0. The Kier molecular flexibility index (Phi) is 4.23. The van der Waals surface area contributed by atoms with Crippen molar-refractivity contribution in [3.63, 3.8) is 0 Å². The Morgan fingerprint density at radius 3 is 2.39 bits per heavy atom. The number of nitro groups is 1. The van der Waals surface area contributed by atoms with Crippen LogP contribution in [0.15, 0.2) is 24.3 Å². The number of carbonyl (C=O) groups is 1. The Bertz CT molecular complexity index is 464. The number of nitrogens with zero attached hydrogens (tertiary/aromatic N) is 1. The third-order valence-electron chi connectivity index (χ3n) is 2.40. The average Bonchev–Trinajstić information content (AvgIpc) is 2.36. The van der Waals surface area contributed by atoms with Gasteiger partial charge in [-0.15, -0.1) is 11.6 Å². The molecule has 8 heteroatoms. The molecule has 0 aliphatic heterocycles. The van der Waals surface area contributed by atoms with E-state index in [1.54, 1.807) is 0 Å². The van der Waals surface area contributed by atoms with Crippen molar-refractivity contribution in [1.82, 2.24) is 0 Å². The molecule has 1 amide bonds. The molecule has 18 heavy (non-hydrogen) atoms. The maximum atomic E-state index is 11.1. The maximum Gasteiger partial charge on any atom is 0.279 e. The Hall–Kier alpha value is -1.70. The molecular weight excluding hydrogens is 264 g/mol. The number of nitro benzene ring substituents is 1. The highest BCUT2D eigenvalue weighted by atomic mass is 35.5. The fourth-order valence-electron chi connectivity index (χ4n) is 1.32. The summed E-state index contributed by atoms with van der Waals surface area (Å²) in [5, 5.41) is 19.0. The number of non-ortho nitro benzene ring substituents is 1. The summed E-state index contributed by atoms with van der Waals surface area (Å²) in [4.78, 5) is 21.0. The van der Waals surface area contributed by atoms with Crippen molar-refractivity contribution in [1.29, 1.82) is 0 Å². The number of amides is 1. The third-order valence-corrected chi connectivity index (χ3v) is 2.95. The normalized spacial score (nSPS) is 15.7. The second-order valence-electron chi connectivity index (χ2n) is 3.48. The van der Waals surface area contributed by atoms with Crippen LogP contribution in [0, 0.1) is 10.1 Å². The summed E-state index contributed by atoms with van der Waals surface area (Å²) in [5.74, 6) is -3.53.